The number of nitrogens with one attached hydrogen (secondary N) is 1. The first kappa shape index (κ1) is 20.5. The molecular formula is C21H25FN2O3S. The van der Waals surface area contributed by atoms with Gasteiger partial charge < -0.3 is 5.32 Å². The maximum atomic E-state index is 13.8. The molecule has 0 spiro atoms. The molecule has 1 aliphatic rings. The third-order valence-electron chi connectivity index (χ3n) is 5.09. The van der Waals surface area contributed by atoms with E-state index < -0.39 is 21.8 Å². The topological polar surface area (TPSA) is 66.5 Å². The molecule has 3 rings (SSSR count). The number of carbonyl (C=O) groups is 1. The highest BCUT2D eigenvalue weighted by Crippen LogP contribution is 2.29. The number of hydrogen-bond acceptors (Lipinski definition) is 3. The smallest absolute Gasteiger partial charge is 0.243 e. The fourth-order valence-electron chi connectivity index (χ4n) is 3.87. The van der Waals surface area contributed by atoms with Crippen molar-refractivity contribution in [3.05, 3.63) is 58.9 Å². The first-order chi connectivity index (χ1) is 13.2. The second-order valence-electron chi connectivity index (χ2n) is 7.40. The zero-order valence-corrected chi connectivity index (χ0v) is 17.1. The summed E-state index contributed by atoms with van der Waals surface area (Å²) in [6, 6.07) is 9.66. The van der Waals surface area contributed by atoms with Crippen LogP contribution in [0.2, 0.25) is 0 Å². The molecule has 0 unspecified atom stereocenters. The van der Waals surface area contributed by atoms with E-state index in [1.165, 1.54) is 16.4 Å². The van der Waals surface area contributed by atoms with Gasteiger partial charge in [-0.15, -0.1) is 0 Å². The van der Waals surface area contributed by atoms with Gasteiger partial charge in [-0.1, -0.05) is 29.8 Å². The molecule has 0 saturated carbocycles. The van der Waals surface area contributed by atoms with Crippen molar-refractivity contribution in [1.82, 2.24) is 4.31 Å². The van der Waals surface area contributed by atoms with Gasteiger partial charge in [-0.25, -0.2) is 12.8 Å². The van der Waals surface area contributed by atoms with Crippen molar-refractivity contribution in [1.29, 1.82) is 0 Å². The van der Waals surface area contributed by atoms with Crippen molar-refractivity contribution in [3.63, 3.8) is 0 Å². The molecule has 1 heterocycles. The first-order valence-corrected chi connectivity index (χ1v) is 10.8. The van der Waals surface area contributed by atoms with Crippen molar-refractivity contribution in [2.24, 2.45) is 5.92 Å². The number of para-hydroxylation sites is 1. The fourth-order valence-corrected chi connectivity index (χ4v) is 5.81. The van der Waals surface area contributed by atoms with E-state index in [-0.39, 0.29) is 18.1 Å². The van der Waals surface area contributed by atoms with Gasteiger partial charge in [0.15, 0.2) is 0 Å². The van der Waals surface area contributed by atoms with Gasteiger partial charge in [0.05, 0.1) is 16.5 Å². The summed E-state index contributed by atoms with van der Waals surface area (Å²) in [6.45, 7) is 5.98. The van der Waals surface area contributed by atoms with Crippen LogP contribution < -0.4 is 5.32 Å². The number of nitrogens with zero attached hydrogens (tertiary/aromatic N) is 1. The lowest BCUT2D eigenvalue weighted by Crippen LogP contribution is -2.44. The number of halogens is 1. The van der Waals surface area contributed by atoms with Crippen LogP contribution >= 0.6 is 0 Å². The van der Waals surface area contributed by atoms with E-state index in [0.29, 0.717) is 35.4 Å². The molecule has 28 heavy (non-hydrogen) atoms. The Hall–Kier alpha value is -2.25. The monoisotopic (exact) mass is 404 g/mol. The molecule has 0 bridgehead atoms. The minimum atomic E-state index is -3.71. The van der Waals surface area contributed by atoms with Gasteiger partial charge in [-0.3, -0.25) is 4.79 Å². The van der Waals surface area contributed by atoms with Crippen LogP contribution in [0.15, 0.2) is 41.3 Å². The number of anilines is 1. The highest BCUT2D eigenvalue weighted by Gasteiger charge is 2.35. The first-order valence-electron chi connectivity index (χ1n) is 9.33. The van der Waals surface area contributed by atoms with Crippen LogP contribution in [-0.2, 0) is 14.8 Å². The molecule has 150 valence electrons. The number of piperidine rings is 1. The van der Waals surface area contributed by atoms with Crippen LogP contribution in [0, 0.1) is 32.5 Å². The molecule has 2 aromatic rings. The Kier molecular flexibility index (Phi) is 5.86. The maximum Gasteiger partial charge on any atom is 0.243 e. The number of sulfonamides is 1. The average Bonchev–Trinajstić information content (AvgIpc) is 2.62. The summed E-state index contributed by atoms with van der Waals surface area (Å²) in [7, 11) is -3.71. The molecule has 1 saturated heterocycles. The molecule has 0 radical (unpaired) electrons. The Balaban J connectivity index is 1.81. The summed E-state index contributed by atoms with van der Waals surface area (Å²) in [5.41, 5.74) is 2.53. The second kappa shape index (κ2) is 8.01. The quantitative estimate of drug-likeness (QED) is 0.843. The third kappa shape index (κ3) is 4.10. The van der Waals surface area contributed by atoms with Crippen LogP contribution in [0.4, 0.5) is 10.1 Å². The maximum absolute atomic E-state index is 13.8. The normalized spacial score (nSPS) is 18.1. The van der Waals surface area contributed by atoms with Crippen molar-refractivity contribution >= 4 is 21.6 Å². The van der Waals surface area contributed by atoms with Gasteiger partial charge in [0, 0.05) is 13.1 Å². The van der Waals surface area contributed by atoms with E-state index in [2.05, 4.69) is 5.32 Å². The molecule has 5 nitrogen and oxygen atoms in total. The van der Waals surface area contributed by atoms with Crippen molar-refractivity contribution in [2.45, 2.75) is 38.5 Å². The summed E-state index contributed by atoms with van der Waals surface area (Å²) >= 11 is 0. The number of amides is 1. The molecule has 1 N–H and O–H groups in total. The Labute approximate surface area is 165 Å². The SMILES string of the molecule is Cc1cc(C)c(S(=O)(=O)N2CCC[C@H](C(=O)Nc3ccccc3F)C2)c(C)c1. The molecule has 7 heteroatoms. The predicted octanol–water partition coefficient (Wildman–Crippen LogP) is 3.79. The molecular weight excluding hydrogens is 379 g/mol. The lowest BCUT2D eigenvalue weighted by Gasteiger charge is -2.32. The van der Waals surface area contributed by atoms with E-state index in [1.807, 2.05) is 19.1 Å². The Morgan fingerprint density at radius 1 is 1.14 bits per heavy atom. The zero-order chi connectivity index (χ0) is 20.5. The van der Waals surface area contributed by atoms with Crippen LogP contribution in [-0.4, -0.2) is 31.7 Å². The molecule has 2 aromatic carbocycles. The van der Waals surface area contributed by atoms with Crippen molar-refractivity contribution < 1.29 is 17.6 Å². The highest BCUT2D eigenvalue weighted by molar-refractivity contribution is 7.89. The fraction of sp³-hybridized carbons (Fsp3) is 0.381. The van der Waals surface area contributed by atoms with Gasteiger partial charge in [-0.05, 0) is 56.9 Å². The Bertz CT molecular complexity index is 981. The minimum absolute atomic E-state index is 0.0926. The average molecular weight is 405 g/mol. The predicted molar refractivity (Wildman–Crippen MR) is 107 cm³/mol. The third-order valence-corrected chi connectivity index (χ3v) is 7.26. The van der Waals surface area contributed by atoms with Crippen LogP contribution in [0.25, 0.3) is 0 Å². The summed E-state index contributed by atoms with van der Waals surface area (Å²) in [6.07, 6.45) is 1.15. The molecule has 0 aromatic heterocycles. The van der Waals surface area contributed by atoms with Crippen LogP contribution in [0.3, 0.4) is 0 Å². The number of carbonyl (C=O) groups excluding carboxylic acids is 1. The van der Waals surface area contributed by atoms with Crippen molar-refractivity contribution in [3.8, 4) is 0 Å². The lowest BCUT2D eigenvalue weighted by molar-refractivity contribution is -0.120. The van der Waals surface area contributed by atoms with Crippen LogP contribution in [0.1, 0.15) is 29.5 Å². The van der Waals surface area contributed by atoms with Crippen molar-refractivity contribution in [2.75, 3.05) is 18.4 Å². The van der Waals surface area contributed by atoms with Gasteiger partial charge >= 0.3 is 0 Å². The summed E-state index contributed by atoms with van der Waals surface area (Å²) in [4.78, 5) is 12.9. The van der Waals surface area contributed by atoms with Crippen LogP contribution in [0.5, 0.6) is 0 Å². The van der Waals surface area contributed by atoms with Gasteiger partial charge in [0.1, 0.15) is 5.82 Å². The lowest BCUT2D eigenvalue weighted by atomic mass is 9.98. The number of benzene rings is 2. The van der Waals surface area contributed by atoms with E-state index in [4.69, 9.17) is 0 Å². The number of hydrogen-bond donors (Lipinski definition) is 1. The summed E-state index contributed by atoms with van der Waals surface area (Å²) in [5, 5.41) is 2.59. The zero-order valence-electron chi connectivity index (χ0n) is 16.3. The number of aryl methyl sites for hydroxylation is 3. The summed E-state index contributed by atoms with van der Waals surface area (Å²) < 4.78 is 41.7. The largest absolute Gasteiger partial charge is 0.323 e. The molecule has 1 aliphatic heterocycles. The van der Waals surface area contributed by atoms with E-state index in [1.54, 1.807) is 26.0 Å². The van der Waals surface area contributed by atoms with Gasteiger partial charge in [0.25, 0.3) is 0 Å². The minimum Gasteiger partial charge on any atom is -0.323 e. The Morgan fingerprint density at radius 2 is 1.79 bits per heavy atom. The molecule has 1 fully saturated rings. The van der Waals surface area contributed by atoms with Gasteiger partial charge in [0.2, 0.25) is 15.9 Å². The highest BCUT2D eigenvalue weighted by atomic mass is 32.2. The molecule has 1 amide bonds. The standard InChI is InChI=1S/C21H25FN2O3S/c1-14-11-15(2)20(16(3)12-14)28(26,27)24-10-6-7-17(13-24)21(25)23-19-9-5-4-8-18(19)22/h4-5,8-9,11-12,17H,6-7,10,13H2,1-3H3,(H,23,25)/t17-/m0/s1. The van der Waals surface area contributed by atoms with Gasteiger partial charge in [-0.2, -0.15) is 4.31 Å². The molecule has 1 atom stereocenters. The summed E-state index contributed by atoms with van der Waals surface area (Å²) in [5.74, 6) is -1.39. The molecule has 0 aliphatic carbocycles. The van der Waals surface area contributed by atoms with E-state index in [0.717, 1.165) is 5.56 Å². The second-order valence-corrected chi connectivity index (χ2v) is 9.27. The number of rotatable bonds is 4. The van der Waals surface area contributed by atoms with E-state index >= 15 is 0 Å². The Morgan fingerprint density at radius 3 is 2.43 bits per heavy atom. The van der Waals surface area contributed by atoms with E-state index in [9.17, 15) is 17.6 Å².